The van der Waals surface area contributed by atoms with E-state index in [0.717, 1.165) is 76.6 Å². The first-order valence-electron chi connectivity index (χ1n) is 10.3. The van der Waals surface area contributed by atoms with E-state index >= 15 is 0 Å². The highest BCUT2D eigenvalue weighted by molar-refractivity contribution is 5.99. The molecule has 154 valence electrons. The molecule has 31 heavy (non-hydrogen) atoms. The molecule has 2 N–H and O–H groups in total. The Morgan fingerprint density at radius 2 is 1.74 bits per heavy atom. The predicted octanol–water partition coefficient (Wildman–Crippen LogP) is 2.71. The van der Waals surface area contributed by atoms with Gasteiger partial charge in [-0.15, -0.1) is 0 Å². The summed E-state index contributed by atoms with van der Waals surface area (Å²) in [5, 5.41) is 9.76. The quantitative estimate of drug-likeness (QED) is 0.471. The summed E-state index contributed by atoms with van der Waals surface area (Å²) in [5.41, 5.74) is 5.22. The van der Waals surface area contributed by atoms with Crippen LogP contribution in [-0.2, 0) is 0 Å². The molecule has 0 unspecified atom stereocenters. The van der Waals surface area contributed by atoms with Crippen LogP contribution in [0.25, 0.3) is 44.6 Å². The summed E-state index contributed by atoms with van der Waals surface area (Å²) >= 11 is 0. The fourth-order valence-corrected chi connectivity index (χ4v) is 4.13. The molecule has 6 heterocycles. The molecular formula is C22H21N9. The average Bonchev–Trinajstić information content (AvgIpc) is 3.43. The van der Waals surface area contributed by atoms with Crippen molar-refractivity contribution in [3.63, 3.8) is 0 Å². The highest BCUT2D eigenvalue weighted by Gasteiger charge is 2.20. The maximum absolute atomic E-state index is 4.70. The van der Waals surface area contributed by atoms with Gasteiger partial charge in [0.25, 0.3) is 0 Å². The normalized spacial score (nSPS) is 15.2. The van der Waals surface area contributed by atoms with Crippen molar-refractivity contribution in [1.29, 1.82) is 0 Å². The van der Waals surface area contributed by atoms with E-state index in [0.29, 0.717) is 0 Å². The molecule has 0 atom stereocenters. The zero-order valence-corrected chi connectivity index (χ0v) is 17.1. The van der Waals surface area contributed by atoms with Gasteiger partial charge in [0.15, 0.2) is 0 Å². The van der Waals surface area contributed by atoms with Gasteiger partial charge in [0.1, 0.15) is 17.2 Å². The van der Waals surface area contributed by atoms with Crippen LogP contribution in [0.15, 0.2) is 49.2 Å². The number of hydrogen-bond donors (Lipinski definition) is 2. The van der Waals surface area contributed by atoms with Gasteiger partial charge in [-0.2, -0.15) is 5.10 Å². The molecule has 9 nitrogen and oxygen atoms in total. The highest BCUT2D eigenvalue weighted by Crippen LogP contribution is 2.33. The summed E-state index contributed by atoms with van der Waals surface area (Å²) in [6.45, 7) is 4.03. The van der Waals surface area contributed by atoms with Crippen LogP contribution < -0.4 is 4.90 Å². The first-order valence-corrected chi connectivity index (χ1v) is 10.3. The predicted molar refractivity (Wildman–Crippen MR) is 120 cm³/mol. The van der Waals surface area contributed by atoms with Crippen LogP contribution in [0.3, 0.4) is 0 Å². The first kappa shape index (κ1) is 18.0. The average molecular weight is 411 g/mol. The Morgan fingerprint density at radius 3 is 2.58 bits per heavy atom. The van der Waals surface area contributed by atoms with E-state index in [4.69, 9.17) is 4.98 Å². The van der Waals surface area contributed by atoms with E-state index in [2.05, 4.69) is 53.0 Å². The van der Waals surface area contributed by atoms with Crippen molar-refractivity contribution >= 4 is 27.6 Å². The minimum atomic E-state index is 0.731. The molecule has 0 radical (unpaired) electrons. The van der Waals surface area contributed by atoms with Crippen molar-refractivity contribution in [3.8, 4) is 22.8 Å². The Morgan fingerprint density at radius 1 is 0.839 bits per heavy atom. The number of piperazine rings is 1. The summed E-state index contributed by atoms with van der Waals surface area (Å²) < 4.78 is 0. The van der Waals surface area contributed by atoms with Gasteiger partial charge in [0, 0.05) is 55.5 Å². The van der Waals surface area contributed by atoms with Gasteiger partial charge in [-0.05, 0) is 25.2 Å². The Labute approximate surface area is 178 Å². The highest BCUT2D eigenvalue weighted by atomic mass is 15.3. The second-order valence-electron chi connectivity index (χ2n) is 7.85. The van der Waals surface area contributed by atoms with Gasteiger partial charge in [-0.1, -0.05) is 0 Å². The summed E-state index contributed by atoms with van der Waals surface area (Å²) in [5.74, 6) is 1.02. The van der Waals surface area contributed by atoms with Crippen molar-refractivity contribution in [2.24, 2.45) is 0 Å². The molecule has 0 bridgehead atoms. The number of aromatic nitrogens is 7. The lowest BCUT2D eigenvalue weighted by atomic mass is 10.1. The number of aromatic amines is 2. The number of rotatable bonds is 3. The number of anilines is 1. The van der Waals surface area contributed by atoms with Gasteiger partial charge in [0.05, 0.1) is 34.8 Å². The molecule has 5 aromatic heterocycles. The molecule has 0 saturated carbocycles. The number of H-pyrrole nitrogens is 2. The van der Waals surface area contributed by atoms with Gasteiger partial charge in [-0.3, -0.25) is 20.1 Å². The third-order valence-corrected chi connectivity index (χ3v) is 5.86. The van der Waals surface area contributed by atoms with Crippen molar-refractivity contribution in [2.75, 3.05) is 38.1 Å². The monoisotopic (exact) mass is 411 g/mol. The number of hydrogen-bond acceptors (Lipinski definition) is 7. The van der Waals surface area contributed by atoms with Crippen molar-refractivity contribution in [3.05, 3.63) is 49.2 Å². The summed E-state index contributed by atoms with van der Waals surface area (Å²) in [7, 11) is 2.16. The summed E-state index contributed by atoms with van der Waals surface area (Å²) in [4.78, 5) is 26.0. The zero-order valence-electron chi connectivity index (χ0n) is 17.1. The number of nitrogens with zero attached hydrogens (tertiary/aromatic N) is 7. The largest absolute Gasteiger partial charge is 0.353 e. The smallest absolute Gasteiger partial charge is 0.138 e. The van der Waals surface area contributed by atoms with E-state index in [1.807, 2.05) is 18.3 Å². The Hall–Kier alpha value is -3.85. The zero-order chi connectivity index (χ0) is 20.8. The molecule has 1 fully saturated rings. The molecule has 1 aliphatic rings. The minimum absolute atomic E-state index is 0.731. The van der Waals surface area contributed by atoms with E-state index < -0.39 is 0 Å². The topological polar surface area (TPSA) is 103 Å². The van der Waals surface area contributed by atoms with E-state index in [1.165, 1.54) is 0 Å². The van der Waals surface area contributed by atoms with Crippen molar-refractivity contribution < 1.29 is 0 Å². The van der Waals surface area contributed by atoms with Crippen LogP contribution >= 0.6 is 0 Å². The molecule has 9 heteroatoms. The maximum atomic E-state index is 4.70. The molecule has 0 aliphatic carbocycles. The van der Waals surface area contributed by atoms with E-state index in [9.17, 15) is 0 Å². The molecule has 6 rings (SSSR count). The number of fused-ring (bicyclic) bond motifs is 2. The fourth-order valence-electron chi connectivity index (χ4n) is 4.13. The minimum Gasteiger partial charge on any atom is -0.353 e. The number of nitrogens with one attached hydrogen (secondary N) is 2. The molecule has 1 saturated heterocycles. The fraction of sp³-hybridized carbons (Fsp3) is 0.227. The third kappa shape index (κ3) is 3.10. The van der Waals surface area contributed by atoms with Crippen LogP contribution in [0.2, 0.25) is 0 Å². The van der Waals surface area contributed by atoms with E-state index in [-0.39, 0.29) is 0 Å². The number of likely N-dealkylation sites (N-methyl/N-ethyl adjacent to an activating group) is 1. The van der Waals surface area contributed by atoms with Gasteiger partial charge < -0.3 is 14.8 Å². The van der Waals surface area contributed by atoms with E-state index in [1.54, 1.807) is 24.8 Å². The van der Waals surface area contributed by atoms with Crippen molar-refractivity contribution in [1.82, 2.24) is 40.0 Å². The van der Waals surface area contributed by atoms with Crippen LogP contribution in [0.1, 0.15) is 0 Å². The lowest BCUT2D eigenvalue weighted by Gasteiger charge is -2.33. The SMILES string of the molecule is CN1CCN(c2nccc3[nH]c(-c4n[nH]c5cnc(-c6cnccn6)cc45)cc23)CC1. The number of pyridine rings is 2. The molecule has 5 aromatic rings. The third-order valence-electron chi connectivity index (χ3n) is 5.86. The van der Waals surface area contributed by atoms with Gasteiger partial charge >= 0.3 is 0 Å². The Kier molecular flexibility index (Phi) is 4.13. The first-order chi connectivity index (χ1) is 15.3. The van der Waals surface area contributed by atoms with Crippen LogP contribution in [-0.4, -0.2) is 73.2 Å². The second kappa shape index (κ2) is 7.13. The van der Waals surface area contributed by atoms with Crippen LogP contribution in [0.4, 0.5) is 5.82 Å². The molecular weight excluding hydrogens is 390 g/mol. The van der Waals surface area contributed by atoms with Gasteiger partial charge in [-0.25, -0.2) is 4.98 Å². The van der Waals surface area contributed by atoms with Crippen LogP contribution in [0.5, 0.6) is 0 Å². The summed E-state index contributed by atoms with van der Waals surface area (Å²) in [6, 6.07) is 6.16. The molecule has 0 aromatic carbocycles. The lowest BCUT2D eigenvalue weighted by molar-refractivity contribution is 0.312. The second-order valence-corrected chi connectivity index (χ2v) is 7.85. The molecule has 1 aliphatic heterocycles. The molecule has 0 amide bonds. The molecule has 0 spiro atoms. The van der Waals surface area contributed by atoms with Gasteiger partial charge in [0.2, 0.25) is 0 Å². The lowest BCUT2D eigenvalue weighted by Crippen LogP contribution is -2.44. The standard InChI is InChI=1S/C22H21N9/c1-30-6-8-31(9-7-30)22-15-11-18(27-16(15)2-3-25-22)21-14-10-17(20-12-23-4-5-24-20)26-13-19(14)28-29-21/h2-5,10-13,27H,6-9H2,1H3,(H,28,29). The Balaban J connectivity index is 1.44. The maximum Gasteiger partial charge on any atom is 0.138 e. The summed E-state index contributed by atoms with van der Waals surface area (Å²) in [6.07, 6.45) is 8.69. The van der Waals surface area contributed by atoms with Crippen molar-refractivity contribution in [2.45, 2.75) is 0 Å². The van der Waals surface area contributed by atoms with Crippen LogP contribution in [0, 0.1) is 0 Å². The Bertz CT molecular complexity index is 1360.